The Morgan fingerprint density at radius 1 is 1.16 bits per heavy atom. The summed E-state index contributed by atoms with van der Waals surface area (Å²) in [6.45, 7) is 0.361. The maximum atomic E-state index is 9.06. The van der Waals surface area contributed by atoms with Gasteiger partial charge in [-0.1, -0.05) is 0 Å². The van der Waals surface area contributed by atoms with Crippen molar-refractivity contribution in [2.75, 3.05) is 26.2 Å². The number of aliphatic hydroxyl groups excluding tert-OH is 1. The van der Waals surface area contributed by atoms with Crippen LogP contribution in [-0.4, -0.2) is 25.6 Å². The van der Waals surface area contributed by atoms with Crippen LogP contribution in [0.15, 0.2) is 34.7 Å². The van der Waals surface area contributed by atoms with Crippen molar-refractivity contribution in [3.05, 3.63) is 35.9 Å². The molecule has 0 saturated heterocycles. The topological polar surface area (TPSA) is 87.1 Å². The summed E-state index contributed by atoms with van der Waals surface area (Å²) in [7, 11) is 1.60. The lowest BCUT2D eigenvalue weighted by atomic mass is 10.0. The number of rotatable bonds is 5. The molecule has 3 N–H and O–H groups in total. The minimum atomic E-state index is 0.143. The van der Waals surface area contributed by atoms with Crippen LogP contribution in [-0.2, 0) is 6.42 Å². The highest BCUT2D eigenvalue weighted by Gasteiger charge is 2.20. The fourth-order valence-corrected chi connectivity index (χ4v) is 3.08. The normalized spacial score (nSPS) is 12.7. The maximum absolute atomic E-state index is 9.06. The van der Waals surface area contributed by atoms with Crippen LogP contribution in [0.4, 0.5) is 5.69 Å². The quantitative estimate of drug-likeness (QED) is 0.740. The van der Waals surface area contributed by atoms with Crippen LogP contribution >= 0.6 is 0 Å². The highest BCUT2D eigenvalue weighted by atomic mass is 16.7. The number of benzene rings is 2. The monoisotopic (exact) mass is 341 g/mol. The van der Waals surface area contributed by atoms with Crippen molar-refractivity contribution in [2.45, 2.75) is 12.8 Å². The molecule has 0 aliphatic carbocycles. The maximum Gasteiger partial charge on any atom is 0.231 e. The molecule has 130 valence electrons. The molecular formula is C19H19NO5. The number of aryl methyl sites for hydroxylation is 1. The van der Waals surface area contributed by atoms with Crippen LogP contribution in [0.25, 0.3) is 22.3 Å². The molecule has 1 aliphatic heterocycles. The van der Waals surface area contributed by atoms with Gasteiger partial charge in [-0.15, -0.1) is 0 Å². The van der Waals surface area contributed by atoms with Gasteiger partial charge in [0.1, 0.15) is 0 Å². The number of furan rings is 1. The van der Waals surface area contributed by atoms with Crippen LogP contribution < -0.4 is 19.9 Å². The molecule has 2 heterocycles. The van der Waals surface area contributed by atoms with Crippen LogP contribution in [0.2, 0.25) is 0 Å². The largest absolute Gasteiger partial charge is 0.493 e. The van der Waals surface area contributed by atoms with Gasteiger partial charge >= 0.3 is 0 Å². The number of nitrogen functional groups attached to an aromatic ring is 1. The molecule has 0 saturated carbocycles. The van der Waals surface area contributed by atoms with Gasteiger partial charge in [-0.2, -0.15) is 0 Å². The summed E-state index contributed by atoms with van der Waals surface area (Å²) in [6, 6.07) is 9.50. The van der Waals surface area contributed by atoms with Gasteiger partial charge in [0.05, 0.1) is 12.8 Å². The summed E-state index contributed by atoms with van der Waals surface area (Å²) in [6.07, 6.45) is 1.42. The van der Waals surface area contributed by atoms with Crippen molar-refractivity contribution in [1.82, 2.24) is 0 Å². The molecule has 2 aromatic carbocycles. The first-order valence-corrected chi connectivity index (χ1v) is 8.11. The fraction of sp³-hybridized carbons (Fsp3) is 0.263. The number of nitrogens with two attached hydrogens (primary N) is 1. The zero-order valence-electron chi connectivity index (χ0n) is 13.9. The molecule has 25 heavy (non-hydrogen) atoms. The van der Waals surface area contributed by atoms with E-state index in [2.05, 4.69) is 0 Å². The average molecular weight is 341 g/mol. The summed E-state index contributed by atoms with van der Waals surface area (Å²) >= 11 is 0. The Kier molecular flexibility index (Phi) is 3.89. The third-order valence-electron chi connectivity index (χ3n) is 4.33. The molecule has 3 aromatic rings. The van der Waals surface area contributed by atoms with Crippen molar-refractivity contribution in [3.8, 4) is 28.6 Å². The zero-order valence-corrected chi connectivity index (χ0v) is 13.9. The lowest BCUT2D eigenvalue weighted by Crippen LogP contribution is -1.93. The Balaban J connectivity index is 1.84. The summed E-state index contributed by atoms with van der Waals surface area (Å²) in [5.41, 5.74) is 9.39. The molecular weight excluding hydrogens is 322 g/mol. The molecule has 0 unspecified atom stereocenters. The van der Waals surface area contributed by atoms with Gasteiger partial charge in [0.25, 0.3) is 0 Å². The van der Waals surface area contributed by atoms with Crippen molar-refractivity contribution in [2.24, 2.45) is 0 Å². The Hall–Kier alpha value is -2.86. The van der Waals surface area contributed by atoms with Gasteiger partial charge in [-0.3, -0.25) is 0 Å². The van der Waals surface area contributed by atoms with E-state index >= 15 is 0 Å². The van der Waals surface area contributed by atoms with E-state index in [-0.39, 0.29) is 13.4 Å². The average Bonchev–Trinajstić information content (AvgIpc) is 3.23. The third kappa shape index (κ3) is 2.64. The van der Waals surface area contributed by atoms with Gasteiger partial charge < -0.3 is 29.5 Å². The molecule has 0 atom stereocenters. The minimum absolute atomic E-state index is 0.143. The molecule has 0 amide bonds. The number of hydrogen-bond acceptors (Lipinski definition) is 6. The van der Waals surface area contributed by atoms with Gasteiger partial charge in [0.15, 0.2) is 28.6 Å². The number of anilines is 1. The van der Waals surface area contributed by atoms with Crippen LogP contribution in [0.5, 0.6) is 17.2 Å². The standard InChI is InChI=1S/C19H19NO5/c1-22-16-8-11(3-2-6-21)7-13-17(20)18(25-19(13)16)12-4-5-14-15(9-12)24-10-23-14/h4-5,7-9,21H,2-3,6,10,20H2,1H3. The Morgan fingerprint density at radius 3 is 2.80 bits per heavy atom. The van der Waals surface area contributed by atoms with E-state index in [4.69, 9.17) is 29.5 Å². The van der Waals surface area contributed by atoms with E-state index in [1.807, 2.05) is 30.3 Å². The van der Waals surface area contributed by atoms with E-state index in [0.29, 0.717) is 40.7 Å². The van der Waals surface area contributed by atoms with E-state index in [1.54, 1.807) is 7.11 Å². The van der Waals surface area contributed by atoms with Crippen molar-refractivity contribution < 1.29 is 23.7 Å². The number of aliphatic hydroxyl groups is 1. The Bertz CT molecular complexity index is 931. The molecule has 0 bridgehead atoms. The molecule has 4 rings (SSSR count). The second-order valence-corrected chi connectivity index (χ2v) is 5.91. The molecule has 1 aliphatic rings. The van der Waals surface area contributed by atoms with Gasteiger partial charge in [-0.05, 0) is 48.7 Å². The molecule has 6 heteroatoms. The lowest BCUT2D eigenvalue weighted by Gasteiger charge is -2.05. The molecule has 0 radical (unpaired) electrons. The van der Waals surface area contributed by atoms with Crippen molar-refractivity contribution in [3.63, 3.8) is 0 Å². The second-order valence-electron chi connectivity index (χ2n) is 5.91. The molecule has 1 aromatic heterocycles. The first-order chi connectivity index (χ1) is 12.2. The van der Waals surface area contributed by atoms with Gasteiger partial charge in [0, 0.05) is 17.6 Å². The number of hydrogen-bond donors (Lipinski definition) is 2. The highest BCUT2D eigenvalue weighted by Crippen LogP contribution is 2.43. The number of ether oxygens (including phenoxy) is 3. The molecule has 0 spiro atoms. The first-order valence-electron chi connectivity index (χ1n) is 8.11. The number of fused-ring (bicyclic) bond motifs is 2. The Morgan fingerprint density at radius 2 is 2.00 bits per heavy atom. The third-order valence-corrected chi connectivity index (χ3v) is 4.33. The lowest BCUT2D eigenvalue weighted by molar-refractivity contribution is 0.174. The zero-order chi connectivity index (χ0) is 17.4. The van der Waals surface area contributed by atoms with Gasteiger partial charge in [0.2, 0.25) is 6.79 Å². The predicted octanol–water partition coefficient (Wildman–Crippen LogP) is 3.34. The second kappa shape index (κ2) is 6.22. The van der Waals surface area contributed by atoms with E-state index in [1.165, 1.54) is 0 Å². The molecule has 0 fully saturated rings. The SMILES string of the molecule is COc1cc(CCCO)cc2c(N)c(-c3ccc4c(c3)OCO4)oc12. The Labute approximate surface area is 144 Å². The smallest absolute Gasteiger partial charge is 0.231 e. The van der Waals surface area contributed by atoms with E-state index in [0.717, 1.165) is 22.9 Å². The van der Waals surface area contributed by atoms with Crippen molar-refractivity contribution >= 4 is 16.7 Å². The fourth-order valence-electron chi connectivity index (χ4n) is 3.08. The van der Waals surface area contributed by atoms with Crippen molar-refractivity contribution in [1.29, 1.82) is 0 Å². The number of methoxy groups -OCH3 is 1. The molecule has 6 nitrogen and oxygen atoms in total. The summed E-state index contributed by atoms with van der Waals surface area (Å²) in [5.74, 6) is 2.59. The highest BCUT2D eigenvalue weighted by molar-refractivity contribution is 6.00. The summed E-state index contributed by atoms with van der Waals surface area (Å²) in [4.78, 5) is 0. The minimum Gasteiger partial charge on any atom is -0.493 e. The predicted molar refractivity (Wildman–Crippen MR) is 94.1 cm³/mol. The first kappa shape index (κ1) is 15.7. The van der Waals surface area contributed by atoms with Gasteiger partial charge in [-0.25, -0.2) is 0 Å². The summed E-state index contributed by atoms with van der Waals surface area (Å²) < 4.78 is 22.3. The summed E-state index contributed by atoms with van der Waals surface area (Å²) in [5, 5.41) is 9.86. The van der Waals surface area contributed by atoms with Crippen LogP contribution in [0.3, 0.4) is 0 Å². The van der Waals surface area contributed by atoms with Crippen LogP contribution in [0, 0.1) is 0 Å². The van der Waals surface area contributed by atoms with E-state index in [9.17, 15) is 0 Å². The van der Waals surface area contributed by atoms with Crippen LogP contribution in [0.1, 0.15) is 12.0 Å². The van der Waals surface area contributed by atoms with E-state index < -0.39 is 0 Å².